The van der Waals surface area contributed by atoms with Crippen LogP contribution >= 0.6 is 0 Å². The molecule has 250 valence electrons. The highest BCUT2D eigenvalue weighted by Crippen LogP contribution is 2.54. The molecule has 0 saturated carbocycles. The Hall–Kier alpha value is -5.60. The fourth-order valence-electron chi connectivity index (χ4n) is 7.50. The molecule has 50 heavy (non-hydrogen) atoms. The molecule has 2 atom stereocenters. The standard InChI is InChI=1S/C42H30N2.3C2H6/c1-3-13-29(14-4-1)30-23-25-31(26-24-30)33-17-7-10-20-36(33)44-38-22-12-9-19-35(38)42-40(44)28-27-39-41(42)34-18-8-11-21-37(34)43(39)32-15-5-2-6-16-32;3*1-2/h1-28,39,41H;3*1-2H3. The summed E-state index contributed by atoms with van der Waals surface area (Å²) in [6.07, 6.45) is 4.79. The van der Waals surface area contributed by atoms with E-state index in [1.165, 1.54) is 67.0 Å². The summed E-state index contributed by atoms with van der Waals surface area (Å²) in [5, 5.41) is 1.32. The van der Waals surface area contributed by atoms with Gasteiger partial charge in [-0.2, -0.15) is 0 Å². The predicted molar refractivity (Wildman–Crippen MR) is 218 cm³/mol. The largest absolute Gasteiger partial charge is 0.333 e. The molecule has 0 N–H and O–H groups in total. The number of para-hydroxylation sites is 4. The van der Waals surface area contributed by atoms with E-state index >= 15 is 0 Å². The number of fused-ring (bicyclic) bond motifs is 7. The Morgan fingerprint density at radius 3 is 1.72 bits per heavy atom. The van der Waals surface area contributed by atoms with Gasteiger partial charge in [-0.3, -0.25) is 0 Å². The van der Waals surface area contributed by atoms with E-state index in [1.807, 2.05) is 41.5 Å². The molecule has 2 heterocycles. The number of hydrogen-bond acceptors (Lipinski definition) is 1. The first-order valence-electron chi connectivity index (χ1n) is 18.4. The van der Waals surface area contributed by atoms with E-state index in [9.17, 15) is 0 Å². The first-order valence-corrected chi connectivity index (χ1v) is 18.4. The predicted octanol–water partition coefficient (Wildman–Crippen LogP) is 13.7. The Labute approximate surface area is 299 Å². The molecule has 7 aromatic rings. The highest BCUT2D eigenvalue weighted by atomic mass is 15.2. The van der Waals surface area contributed by atoms with Crippen LogP contribution in [0, 0.1) is 0 Å². The SMILES string of the molecule is C1=CC2C(c3ccccc3N2c2ccccc2)c2c1n(-c1ccccc1-c1ccc(-c3ccccc3)cc1)c1ccccc21.CC.CC.CC. The third-order valence-electron chi connectivity index (χ3n) is 9.37. The van der Waals surface area contributed by atoms with Crippen LogP contribution in [0.3, 0.4) is 0 Å². The first kappa shape index (κ1) is 34.3. The Morgan fingerprint density at radius 1 is 0.460 bits per heavy atom. The summed E-state index contributed by atoms with van der Waals surface area (Å²) in [7, 11) is 0. The van der Waals surface area contributed by atoms with Gasteiger partial charge >= 0.3 is 0 Å². The number of aromatic nitrogens is 1. The van der Waals surface area contributed by atoms with Crippen molar-refractivity contribution in [2.45, 2.75) is 53.5 Å². The van der Waals surface area contributed by atoms with Gasteiger partial charge in [-0.1, -0.05) is 175 Å². The molecular formula is C48H48N2. The van der Waals surface area contributed by atoms with Gasteiger partial charge in [0.15, 0.2) is 0 Å². The smallest absolute Gasteiger partial charge is 0.0637 e. The van der Waals surface area contributed by atoms with Crippen LogP contribution in [0.5, 0.6) is 0 Å². The highest BCUT2D eigenvalue weighted by Gasteiger charge is 2.43. The van der Waals surface area contributed by atoms with Crippen LogP contribution in [0.25, 0.3) is 44.9 Å². The first-order chi connectivity index (χ1) is 24.9. The molecule has 0 bridgehead atoms. The van der Waals surface area contributed by atoms with Crippen LogP contribution in [0.15, 0.2) is 164 Å². The number of benzene rings is 6. The van der Waals surface area contributed by atoms with Crippen LogP contribution < -0.4 is 4.90 Å². The van der Waals surface area contributed by atoms with Crippen LogP contribution in [0.4, 0.5) is 11.4 Å². The van der Waals surface area contributed by atoms with Gasteiger partial charge in [0.05, 0.1) is 22.9 Å². The van der Waals surface area contributed by atoms with E-state index in [0.29, 0.717) is 0 Å². The fraction of sp³-hybridized carbons (Fsp3) is 0.167. The van der Waals surface area contributed by atoms with Gasteiger partial charge in [0.2, 0.25) is 0 Å². The molecule has 0 amide bonds. The molecule has 9 rings (SSSR count). The molecule has 1 aliphatic carbocycles. The maximum absolute atomic E-state index is 2.52. The van der Waals surface area contributed by atoms with Crippen molar-refractivity contribution in [2.24, 2.45) is 0 Å². The van der Waals surface area contributed by atoms with Gasteiger partial charge in [-0.25, -0.2) is 0 Å². The zero-order valence-electron chi connectivity index (χ0n) is 30.2. The summed E-state index contributed by atoms with van der Waals surface area (Å²) in [6.45, 7) is 12.0. The molecule has 2 aliphatic rings. The van der Waals surface area contributed by atoms with Crippen molar-refractivity contribution in [1.82, 2.24) is 4.57 Å². The van der Waals surface area contributed by atoms with Crippen molar-refractivity contribution < 1.29 is 0 Å². The number of hydrogen-bond donors (Lipinski definition) is 0. The van der Waals surface area contributed by atoms with E-state index in [1.54, 1.807) is 0 Å². The van der Waals surface area contributed by atoms with Gasteiger partial charge in [-0.15, -0.1) is 0 Å². The van der Waals surface area contributed by atoms with Crippen molar-refractivity contribution in [1.29, 1.82) is 0 Å². The molecular weight excluding hydrogens is 605 g/mol. The zero-order chi connectivity index (χ0) is 35.0. The third kappa shape index (κ3) is 5.96. The Kier molecular flexibility index (Phi) is 10.8. The Morgan fingerprint density at radius 2 is 1.00 bits per heavy atom. The van der Waals surface area contributed by atoms with E-state index < -0.39 is 0 Å². The number of anilines is 2. The lowest BCUT2D eigenvalue weighted by Gasteiger charge is -2.31. The molecule has 2 nitrogen and oxygen atoms in total. The van der Waals surface area contributed by atoms with Crippen LogP contribution in [-0.2, 0) is 0 Å². The topological polar surface area (TPSA) is 8.17 Å². The molecule has 1 aliphatic heterocycles. The van der Waals surface area contributed by atoms with Crippen molar-refractivity contribution in [3.05, 3.63) is 181 Å². The van der Waals surface area contributed by atoms with Gasteiger partial charge in [0.1, 0.15) is 0 Å². The minimum Gasteiger partial charge on any atom is -0.333 e. The maximum atomic E-state index is 2.52. The van der Waals surface area contributed by atoms with Crippen LogP contribution in [0.1, 0.15) is 64.3 Å². The van der Waals surface area contributed by atoms with Gasteiger partial charge in [0.25, 0.3) is 0 Å². The average Bonchev–Trinajstić information content (AvgIpc) is 3.74. The van der Waals surface area contributed by atoms with Gasteiger partial charge in [0, 0.05) is 28.2 Å². The van der Waals surface area contributed by atoms with Crippen molar-refractivity contribution in [2.75, 3.05) is 4.90 Å². The van der Waals surface area contributed by atoms with Crippen molar-refractivity contribution >= 4 is 28.4 Å². The molecule has 0 saturated heterocycles. The summed E-state index contributed by atoms with van der Waals surface area (Å²) < 4.78 is 2.49. The molecule has 6 aromatic carbocycles. The summed E-state index contributed by atoms with van der Waals surface area (Å²) in [4.78, 5) is 2.52. The monoisotopic (exact) mass is 652 g/mol. The Balaban J connectivity index is 0.000000686. The van der Waals surface area contributed by atoms with Crippen molar-refractivity contribution in [3.63, 3.8) is 0 Å². The Bertz CT molecular complexity index is 2170. The minimum atomic E-state index is 0.210. The van der Waals surface area contributed by atoms with E-state index in [0.717, 1.165) is 0 Å². The second-order valence-corrected chi connectivity index (χ2v) is 11.7. The molecule has 0 spiro atoms. The lowest BCUT2D eigenvalue weighted by Crippen LogP contribution is -2.30. The maximum Gasteiger partial charge on any atom is 0.0637 e. The van der Waals surface area contributed by atoms with Crippen molar-refractivity contribution in [3.8, 4) is 27.9 Å². The zero-order valence-corrected chi connectivity index (χ0v) is 30.2. The summed E-state index contributed by atoms with van der Waals surface area (Å²) in [6, 6.07) is 57.4. The summed E-state index contributed by atoms with van der Waals surface area (Å²) >= 11 is 0. The molecule has 0 radical (unpaired) electrons. The normalized spacial score (nSPS) is 14.9. The van der Waals surface area contributed by atoms with Crippen LogP contribution in [0.2, 0.25) is 0 Å². The van der Waals surface area contributed by atoms with E-state index in [-0.39, 0.29) is 12.0 Å². The van der Waals surface area contributed by atoms with E-state index in [4.69, 9.17) is 0 Å². The lowest BCUT2D eigenvalue weighted by molar-refractivity contribution is 0.725. The second kappa shape index (κ2) is 15.7. The van der Waals surface area contributed by atoms with Gasteiger partial charge < -0.3 is 9.47 Å². The van der Waals surface area contributed by atoms with Gasteiger partial charge in [-0.05, 0) is 64.2 Å². The fourth-order valence-corrected chi connectivity index (χ4v) is 7.50. The summed E-state index contributed by atoms with van der Waals surface area (Å²) in [5.74, 6) is 0.231. The second-order valence-electron chi connectivity index (χ2n) is 11.7. The average molecular weight is 653 g/mol. The third-order valence-corrected chi connectivity index (χ3v) is 9.37. The molecule has 0 fully saturated rings. The number of nitrogens with zero attached hydrogens (tertiary/aromatic N) is 2. The molecule has 1 aromatic heterocycles. The minimum absolute atomic E-state index is 0.210. The van der Waals surface area contributed by atoms with E-state index in [2.05, 4.69) is 179 Å². The summed E-state index contributed by atoms with van der Waals surface area (Å²) in [5.41, 5.74) is 13.9. The quantitative estimate of drug-likeness (QED) is 0.184. The molecule has 2 unspecified atom stereocenters. The lowest BCUT2D eigenvalue weighted by atomic mass is 9.82. The van der Waals surface area contributed by atoms with Crippen LogP contribution in [-0.4, -0.2) is 10.6 Å². The number of rotatable bonds is 4. The molecule has 2 heteroatoms. The highest BCUT2D eigenvalue weighted by molar-refractivity contribution is 5.95.